The van der Waals surface area contributed by atoms with E-state index in [1.54, 1.807) is 12.4 Å². The van der Waals surface area contributed by atoms with Gasteiger partial charge in [-0.1, -0.05) is 0 Å². The van der Waals surface area contributed by atoms with Gasteiger partial charge in [0.25, 0.3) is 0 Å². The third-order valence-corrected chi connectivity index (χ3v) is 0.483. The second kappa shape index (κ2) is 4.05. The van der Waals surface area contributed by atoms with Crippen LogP contribution in [0, 0.1) is 0 Å². The molecule has 2 nitrogen and oxygen atoms in total. The molecule has 0 atom stereocenters. The van der Waals surface area contributed by atoms with Gasteiger partial charge in [-0.25, -0.2) is 0 Å². The smallest absolute Gasteiger partial charge is 0.0496 e. The fraction of sp³-hybridized carbons (Fsp3) is 0. The molecule has 0 spiro atoms. The molecule has 0 saturated carbocycles. The van der Waals surface area contributed by atoms with Crippen molar-refractivity contribution in [3.05, 3.63) is 24.5 Å². The van der Waals surface area contributed by atoms with Crippen molar-refractivity contribution >= 4 is 23.9 Å². The molecule has 0 saturated heterocycles. The maximum atomic E-state index is 3.53. The molecule has 1 aromatic rings. The molecule has 0 aliphatic heterocycles. The van der Waals surface area contributed by atoms with Crippen molar-refractivity contribution < 1.29 is 0 Å². The van der Waals surface area contributed by atoms with E-state index in [4.69, 9.17) is 0 Å². The van der Waals surface area contributed by atoms with Gasteiger partial charge in [0, 0.05) is 12.4 Å². The SMILES string of the molecule is [SnH4].c1ccnnc1. The second-order valence-corrected chi connectivity index (χ2v) is 0.914. The van der Waals surface area contributed by atoms with Crippen molar-refractivity contribution in [1.29, 1.82) is 0 Å². The van der Waals surface area contributed by atoms with Crippen LogP contribution in [-0.2, 0) is 0 Å². The number of hydrogen-bond donors (Lipinski definition) is 0. The third-order valence-electron chi connectivity index (χ3n) is 0.483. The minimum atomic E-state index is 0. The Hall–Kier alpha value is -0.121. The van der Waals surface area contributed by atoms with Gasteiger partial charge >= 0.3 is 23.9 Å². The Labute approximate surface area is 58.9 Å². The first kappa shape index (κ1) is 6.88. The Morgan fingerprint density at radius 1 is 0.857 bits per heavy atom. The van der Waals surface area contributed by atoms with E-state index in [0.29, 0.717) is 0 Å². The molecule has 1 aromatic heterocycles. The first-order valence-corrected chi connectivity index (χ1v) is 1.72. The predicted molar refractivity (Wildman–Crippen MR) is 33.4 cm³/mol. The molecule has 0 unspecified atom stereocenters. The molecule has 0 aromatic carbocycles. The Morgan fingerprint density at radius 2 is 1.29 bits per heavy atom. The third kappa shape index (κ3) is 2.56. The van der Waals surface area contributed by atoms with Gasteiger partial charge in [0.15, 0.2) is 0 Å². The molecular weight excluding hydrogens is 195 g/mol. The van der Waals surface area contributed by atoms with Gasteiger partial charge in [-0.15, -0.1) is 0 Å². The molecule has 3 heteroatoms. The van der Waals surface area contributed by atoms with E-state index < -0.39 is 0 Å². The largest absolute Gasteiger partial charge is 0.159 e. The van der Waals surface area contributed by atoms with E-state index in [-0.39, 0.29) is 23.9 Å². The van der Waals surface area contributed by atoms with E-state index in [0.717, 1.165) is 0 Å². The van der Waals surface area contributed by atoms with Crippen LogP contribution >= 0.6 is 0 Å². The van der Waals surface area contributed by atoms with Crippen LogP contribution in [0.3, 0.4) is 0 Å². The van der Waals surface area contributed by atoms with Gasteiger partial charge in [0.2, 0.25) is 0 Å². The zero-order valence-corrected chi connectivity index (χ0v) is 3.20. The zero-order valence-electron chi connectivity index (χ0n) is 3.20. The molecule has 0 bridgehead atoms. The van der Waals surface area contributed by atoms with Crippen LogP contribution in [0.15, 0.2) is 24.5 Å². The average Bonchev–Trinajstić information content (AvgIpc) is 1.72. The minimum absolute atomic E-state index is 0. The topological polar surface area (TPSA) is 25.8 Å². The zero-order chi connectivity index (χ0) is 4.24. The normalized spacial score (nSPS) is 6.86. The van der Waals surface area contributed by atoms with Crippen molar-refractivity contribution in [2.24, 2.45) is 0 Å². The summed E-state index contributed by atoms with van der Waals surface area (Å²) in [6.45, 7) is 0. The molecule has 0 aliphatic rings. The summed E-state index contributed by atoms with van der Waals surface area (Å²) in [5.74, 6) is 0. The Bertz CT molecular complexity index is 81.6. The number of rotatable bonds is 0. The molecule has 7 heavy (non-hydrogen) atoms. The van der Waals surface area contributed by atoms with E-state index in [1.807, 2.05) is 12.1 Å². The molecule has 1 rings (SSSR count). The van der Waals surface area contributed by atoms with Gasteiger partial charge in [0.05, 0.1) is 0 Å². The van der Waals surface area contributed by atoms with Crippen LogP contribution in [0.5, 0.6) is 0 Å². The molecule has 0 N–H and O–H groups in total. The standard InChI is InChI=1S/C4H4N2.Sn.4H/c1-2-4-6-5-3-1;;;;;/h1-4H;;;;;. The maximum Gasteiger partial charge on any atom is 0.0496 e. The summed E-state index contributed by atoms with van der Waals surface area (Å²) in [5.41, 5.74) is 0. The fourth-order valence-electron chi connectivity index (χ4n) is 0.253. The minimum Gasteiger partial charge on any atom is -0.159 e. The Kier molecular flexibility index (Phi) is 3.98. The Balaban J connectivity index is 0.000000360. The monoisotopic (exact) mass is 204 g/mol. The fourth-order valence-corrected chi connectivity index (χ4v) is 0.253. The van der Waals surface area contributed by atoms with Crippen molar-refractivity contribution in [3.8, 4) is 0 Å². The van der Waals surface area contributed by atoms with Crippen LogP contribution in [0.4, 0.5) is 0 Å². The quantitative estimate of drug-likeness (QED) is 0.506. The van der Waals surface area contributed by atoms with Gasteiger partial charge in [-0.2, -0.15) is 10.2 Å². The van der Waals surface area contributed by atoms with Crippen molar-refractivity contribution in [2.75, 3.05) is 0 Å². The first-order chi connectivity index (χ1) is 3.00. The average molecular weight is 203 g/mol. The van der Waals surface area contributed by atoms with Gasteiger partial charge in [0.1, 0.15) is 0 Å². The van der Waals surface area contributed by atoms with Crippen LogP contribution in [0.25, 0.3) is 0 Å². The van der Waals surface area contributed by atoms with E-state index in [9.17, 15) is 0 Å². The second-order valence-electron chi connectivity index (χ2n) is 0.914. The van der Waals surface area contributed by atoms with Gasteiger partial charge in [-0.3, -0.25) is 0 Å². The summed E-state index contributed by atoms with van der Waals surface area (Å²) in [4.78, 5) is 0. The molecule has 38 valence electrons. The van der Waals surface area contributed by atoms with Crippen LogP contribution in [0.1, 0.15) is 0 Å². The van der Waals surface area contributed by atoms with Gasteiger partial charge < -0.3 is 0 Å². The van der Waals surface area contributed by atoms with Crippen LogP contribution in [0.2, 0.25) is 0 Å². The van der Waals surface area contributed by atoms with Crippen molar-refractivity contribution in [3.63, 3.8) is 0 Å². The van der Waals surface area contributed by atoms with Crippen LogP contribution < -0.4 is 0 Å². The molecule has 1 heterocycles. The van der Waals surface area contributed by atoms with Crippen molar-refractivity contribution in [1.82, 2.24) is 10.2 Å². The summed E-state index contributed by atoms with van der Waals surface area (Å²) < 4.78 is 0. The van der Waals surface area contributed by atoms with Gasteiger partial charge in [-0.05, 0) is 12.1 Å². The van der Waals surface area contributed by atoms with E-state index in [2.05, 4.69) is 10.2 Å². The number of nitrogens with zero attached hydrogens (tertiary/aromatic N) is 2. The Morgan fingerprint density at radius 3 is 1.43 bits per heavy atom. The summed E-state index contributed by atoms with van der Waals surface area (Å²) in [6.07, 6.45) is 3.28. The van der Waals surface area contributed by atoms with E-state index >= 15 is 0 Å². The maximum absolute atomic E-state index is 3.53. The van der Waals surface area contributed by atoms with Crippen molar-refractivity contribution in [2.45, 2.75) is 0 Å². The number of hydrogen-bond acceptors (Lipinski definition) is 2. The number of aromatic nitrogens is 2. The van der Waals surface area contributed by atoms with Crippen LogP contribution in [-0.4, -0.2) is 34.1 Å². The summed E-state index contributed by atoms with van der Waals surface area (Å²) in [7, 11) is 0. The van der Waals surface area contributed by atoms with E-state index in [1.165, 1.54) is 0 Å². The molecule has 0 amide bonds. The molecular formula is C4H8N2Sn. The molecule has 0 fully saturated rings. The summed E-state index contributed by atoms with van der Waals surface area (Å²) >= 11 is 0. The summed E-state index contributed by atoms with van der Waals surface area (Å²) in [6, 6.07) is 3.65. The molecule has 0 radical (unpaired) electrons. The molecule has 0 aliphatic carbocycles. The summed E-state index contributed by atoms with van der Waals surface area (Å²) in [5, 5.41) is 7.07. The predicted octanol–water partition coefficient (Wildman–Crippen LogP) is -0.975. The first-order valence-electron chi connectivity index (χ1n) is 1.72.